The number of carbonyl (C=O) groups excluding carboxylic acids is 1. The van der Waals surface area contributed by atoms with Crippen LogP contribution in [0.4, 0.5) is 23.7 Å². The number of amides is 2. The molecule has 0 aliphatic carbocycles. The Morgan fingerprint density at radius 1 is 1.21 bits per heavy atom. The van der Waals surface area contributed by atoms with Gasteiger partial charge in [0.1, 0.15) is 11.6 Å². The number of nitrogens with zero attached hydrogens (tertiary/aromatic N) is 2. The second-order valence-corrected chi connectivity index (χ2v) is 6.50. The molecule has 2 N–H and O–H groups in total. The van der Waals surface area contributed by atoms with Crippen LogP contribution in [0.1, 0.15) is 24.7 Å². The van der Waals surface area contributed by atoms with Crippen LogP contribution in [0.3, 0.4) is 0 Å². The number of anilines is 1. The summed E-state index contributed by atoms with van der Waals surface area (Å²) in [6.07, 6.45) is -3.22. The molecule has 4 rings (SSSR count). The molecule has 1 saturated heterocycles. The summed E-state index contributed by atoms with van der Waals surface area (Å²) in [5, 5.41) is 2.64. The fraction of sp³-hybridized carbons (Fsp3) is 0.263. The molecular formula is C19H17F3N4O2. The van der Waals surface area contributed by atoms with E-state index in [-0.39, 0.29) is 17.5 Å². The van der Waals surface area contributed by atoms with Gasteiger partial charge in [0.2, 0.25) is 0 Å². The number of carbonyl (C=O) groups is 1. The zero-order valence-electron chi connectivity index (χ0n) is 14.7. The number of halogens is 3. The van der Waals surface area contributed by atoms with E-state index in [2.05, 4.69) is 20.0 Å². The molecule has 0 radical (unpaired) electrons. The van der Waals surface area contributed by atoms with Crippen LogP contribution in [-0.2, 0) is 0 Å². The van der Waals surface area contributed by atoms with Crippen LogP contribution in [0.5, 0.6) is 5.75 Å². The maximum Gasteiger partial charge on any atom is 0.573 e. The number of nitrogens with one attached hydrogen (secondary N) is 2. The second kappa shape index (κ2) is 7.06. The maximum absolute atomic E-state index is 12.7. The van der Waals surface area contributed by atoms with Gasteiger partial charge >= 0.3 is 12.4 Å². The molecule has 1 aliphatic heterocycles. The zero-order chi connectivity index (χ0) is 19.7. The van der Waals surface area contributed by atoms with Crippen molar-refractivity contribution in [2.24, 2.45) is 0 Å². The van der Waals surface area contributed by atoms with Gasteiger partial charge in [-0.1, -0.05) is 18.2 Å². The van der Waals surface area contributed by atoms with Crippen LogP contribution < -0.4 is 10.1 Å². The number of aromatic nitrogens is 2. The molecule has 0 spiro atoms. The Morgan fingerprint density at radius 3 is 2.82 bits per heavy atom. The predicted molar refractivity (Wildman–Crippen MR) is 96.9 cm³/mol. The van der Waals surface area contributed by atoms with Gasteiger partial charge in [-0.05, 0) is 37.1 Å². The number of hydrogen-bond acceptors (Lipinski definition) is 3. The normalized spacial score (nSPS) is 17.1. The van der Waals surface area contributed by atoms with Crippen molar-refractivity contribution in [2.45, 2.75) is 25.2 Å². The average Bonchev–Trinajstić information content (AvgIpc) is 3.27. The lowest BCUT2D eigenvalue weighted by Gasteiger charge is -2.23. The minimum absolute atomic E-state index is 0.220. The molecule has 1 aromatic heterocycles. The molecule has 3 aromatic rings. The standard InChI is InChI=1S/C19H17F3N4O2/c20-19(21,22)28-13-6-3-5-12(11-13)23-18(27)26-10-4-9-16(26)17-24-14-7-1-2-8-15(14)25-17/h1-3,5-8,11,16H,4,9-10H2,(H,23,27)(H,24,25)/t16-/m0/s1. The molecule has 9 heteroatoms. The van der Waals surface area contributed by atoms with Crippen molar-refractivity contribution in [3.8, 4) is 5.75 Å². The third-order valence-corrected chi connectivity index (χ3v) is 4.56. The Morgan fingerprint density at radius 2 is 2.04 bits per heavy atom. The highest BCUT2D eigenvalue weighted by Crippen LogP contribution is 2.32. The molecule has 2 heterocycles. The molecule has 0 saturated carbocycles. The average molecular weight is 390 g/mol. The van der Waals surface area contributed by atoms with Crippen LogP contribution in [0, 0.1) is 0 Å². The number of rotatable bonds is 3. The fourth-order valence-electron chi connectivity index (χ4n) is 3.39. The van der Waals surface area contributed by atoms with E-state index in [1.807, 2.05) is 24.3 Å². The highest BCUT2D eigenvalue weighted by Gasteiger charge is 2.33. The van der Waals surface area contributed by atoms with E-state index in [9.17, 15) is 18.0 Å². The van der Waals surface area contributed by atoms with Crippen LogP contribution in [0.15, 0.2) is 48.5 Å². The summed E-state index contributed by atoms with van der Waals surface area (Å²) < 4.78 is 41.0. The Hall–Kier alpha value is -3.23. The van der Waals surface area contributed by atoms with E-state index in [0.717, 1.165) is 29.9 Å². The lowest BCUT2D eigenvalue weighted by Crippen LogP contribution is -2.34. The number of urea groups is 1. The number of imidazole rings is 1. The van der Waals surface area contributed by atoms with Crippen molar-refractivity contribution in [1.29, 1.82) is 0 Å². The highest BCUT2D eigenvalue weighted by atomic mass is 19.4. The van der Waals surface area contributed by atoms with Gasteiger partial charge in [-0.2, -0.15) is 0 Å². The molecule has 2 amide bonds. The number of hydrogen-bond donors (Lipinski definition) is 2. The van der Waals surface area contributed by atoms with E-state index in [0.29, 0.717) is 12.4 Å². The van der Waals surface area contributed by atoms with Gasteiger partial charge in [0, 0.05) is 18.3 Å². The number of benzene rings is 2. The van der Waals surface area contributed by atoms with Crippen LogP contribution >= 0.6 is 0 Å². The molecule has 1 aliphatic rings. The van der Waals surface area contributed by atoms with Crippen LogP contribution in [-0.4, -0.2) is 33.8 Å². The monoisotopic (exact) mass is 390 g/mol. The highest BCUT2D eigenvalue weighted by molar-refractivity contribution is 5.90. The molecule has 28 heavy (non-hydrogen) atoms. The van der Waals surface area contributed by atoms with E-state index in [4.69, 9.17) is 0 Å². The molecule has 0 bridgehead atoms. The van der Waals surface area contributed by atoms with E-state index < -0.39 is 12.4 Å². The number of ether oxygens (including phenoxy) is 1. The predicted octanol–water partition coefficient (Wildman–Crippen LogP) is 4.83. The van der Waals surface area contributed by atoms with E-state index >= 15 is 0 Å². The summed E-state index contributed by atoms with van der Waals surface area (Å²) in [7, 11) is 0. The van der Waals surface area contributed by atoms with Gasteiger partial charge in [0.25, 0.3) is 0 Å². The molecular weight excluding hydrogens is 373 g/mol. The number of alkyl halides is 3. The lowest BCUT2D eigenvalue weighted by molar-refractivity contribution is -0.274. The number of para-hydroxylation sites is 2. The van der Waals surface area contributed by atoms with Gasteiger partial charge in [-0.15, -0.1) is 13.2 Å². The minimum atomic E-state index is -4.79. The largest absolute Gasteiger partial charge is 0.573 e. The molecule has 2 aromatic carbocycles. The molecule has 6 nitrogen and oxygen atoms in total. The van der Waals surface area contributed by atoms with Crippen molar-refractivity contribution in [3.63, 3.8) is 0 Å². The first-order chi connectivity index (χ1) is 13.4. The van der Waals surface area contributed by atoms with Crippen molar-refractivity contribution in [3.05, 3.63) is 54.4 Å². The molecule has 1 fully saturated rings. The second-order valence-electron chi connectivity index (χ2n) is 6.50. The molecule has 1 atom stereocenters. The maximum atomic E-state index is 12.7. The Balaban J connectivity index is 1.50. The summed E-state index contributed by atoms with van der Waals surface area (Å²) in [5.41, 5.74) is 1.94. The first-order valence-electron chi connectivity index (χ1n) is 8.77. The third-order valence-electron chi connectivity index (χ3n) is 4.56. The molecule has 146 valence electrons. The Labute approximate surface area is 158 Å². The zero-order valence-corrected chi connectivity index (χ0v) is 14.7. The van der Waals surface area contributed by atoms with Crippen molar-refractivity contribution in [2.75, 3.05) is 11.9 Å². The van der Waals surface area contributed by atoms with Crippen LogP contribution in [0.25, 0.3) is 11.0 Å². The van der Waals surface area contributed by atoms with Gasteiger partial charge in [-0.25, -0.2) is 9.78 Å². The SMILES string of the molecule is O=C(Nc1cccc(OC(F)(F)F)c1)N1CCC[C@H]1c1nc2ccccc2[nH]1. The summed E-state index contributed by atoms with van der Waals surface area (Å²) in [4.78, 5) is 22.2. The molecule has 0 unspecified atom stereocenters. The number of aromatic amines is 1. The first kappa shape index (κ1) is 18.1. The number of fused-ring (bicyclic) bond motifs is 1. The van der Waals surface area contributed by atoms with Crippen molar-refractivity contribution < 1.29 is 22.7 Å². The Kier molecular flexibility index (Phi) is 4.58. The summed E-state index contributed by atoms with van der Waals surface area (Å²) in [6.45, 7) is 0.534. The van der Waals surface area contributed by atoms with Gasteiger partial charge in [-0.3, -0.25) is 0 Å². The van der Waals surface area contributed by atoms with E-state index in [1.165, 1.54) is 18.2 Å². The fourth-order valence-corrected chi connectivity index (χ4v) is 3.39. The minimum Gasteiger partial charge on any atom is -0.406 e. The third kappa shape index (κ3) is 3.88. The summed E-state index contributed by atoms with van der Waals surface area (Å²) >= 11 is 0. The summed E-state index contributed by atoms with van der Waals surface area (Å²) in [6, 6.07) is 12.2. The topological polar surface area (TPSA) is 70.2 Å². The van der Waals surface area contributed by atoms with Gasteiger partial charge in [0.05, 0.1) is 17.1 Å². The number of likely N-dealkylation sites (tertiary alicyclic amines) is 1. The van der Waals surface area contributed by atoms with Crippen molar-refractivity contribution >= 4 is 22.8 Å². The quantitative estimate of drug-likeness (QED) is 0.673. The van der Waals surface area contributed by atoms with Gasteiger partial charge < -0.3 is 19.9 Å². The lowest BCUT2D eigenvalue weighted by atomic mass is 10.2. The first-order valence-corrected chi connectivity index (χ1v) is 8.77. The van der Waals surface area contributed by atoms with Crippen molar-refractivity contribution in [1.82, 2.24) is 14.9 Å². The van der Waals surface area contributed by atoms with Gasteiger partial charge in [0.15, 0.2) is 0 Å². The van der Waals surface area contributed by atoms with E-state index in [1.54, 1.807) is 4.90 Å². The number of H-pyrrole nitrogens is 1. The van der Waals surface area contributed by atoms with Crippen LogP contribution in [0.2, 0.25) is 0 Å². The smallest absolute Gasteiger partial charge is 0.406 e. The Bertz CT molecular complexity index is 969. The summed E-state index contributed by atoms with van der Waals surface area (Å²) in [5.74, 6) is 0.309.